The van der Waals surface area contributed by atoms with Gasteiger partial charge in [0.05, 0.1) is 0 Å². The van der Waals surface area contributed by atoms with Crippen LogP contribution in [0, 0.1) is 5.92 Å². The molecule has 1 heterocycles. The minimum atomic E-state index is 0.786. The highest BCUT2D eigenvalue weighted by atomic mass is 32.1. The predicted molar refractivity (Wildman–Crippen MR) is 82.9 cm³/mol. The summed E-state index contributed by atoms with van der Waals surface area (Å²) < 4.78 is 1.53. The molecule has 0 spiro atoms. The Morgan fingerprint density at radius 3 is 2.95 bits per heavy atom. The van der Waals surface area contributed by atoms with Crippen LogP contribution >= 0.6 is 11.3 Å². The summed E-state index contributed by atoms with van der Waals surface area (Å²) in [4.78, 5) is 0. The molecule has 1 aromatic heterocycles. The topological polar surface area (TPSA) is 12.0 Å². The van der Waals surface area contributed by atoms with Gasteiger partial charge in [-0.2, -0.15) is 0 Å². The summed E-state index contributed by atoms with van der Waals surface area (Å²) in [7, 11) is 0. The second kappa shape index (κ2) is 4.92. The number of thiophene rings is 1. The van der Waals surface area contributed by atoms with Crippen LogP contribution in [0.25, 0.3) is 10.1 Å². The molecular formula is C17H21NS. The van der Waals surface area contributed by atoms with E-state index in [1.165, 1.54) is 48.7 Å². The lowest BCUT2D eigenvalue weighted by atomic mass is 9.88. The van der Waals surface area contributed by atoms with Crippen molar-refractivity contribution in [1.29, 1.82) is 0 Å². The van der Waals surface area contributed by atoms with E-state index in [1.807, 2.05) is 11.3 Å². The summed E-state index contributed by atoms with van der Waals surface area (Å²) in [5, 5.41) is 7.41. The van der Waals surface area contributed by atoms with E-state index in [9.17, 15) is 0 Å². The summed E-state index contributed by atoms with van der Waals surface area (Å²) >= 11 is 1.92. The van der Waals surface area contributed by atoms with Gasteiger partial charge in [0.1, 0.15) is 0 Å². The normalized spacial score (nSPS) is 27.2. The van der Waals surface area contributed by atoms with Gasteiger partial charge in [0.15, 0.2) is 0 Å². The van der Waals surface area contributed by atoms with Crippen LogP contribution in [0.4, 0.5) is 0 Å². The maximum absolute atomic E-state index is 3.74. The zero-order valence-corrected chi connectivity index (χ0v) is 12.1. The first-order valence-corrected chi connectivity index (χ1v) is 8.49. The van der Waals surface area contributed by atoms with Crippen LogP contribution < -0.4 is 5.32 Å². The molecule has 0 saturated heterocycles. The van der Waals surface area contributed by atoms with Crippen molar-refractivity contribution in [1.82, 2.24) is 5.32 Å². The Hall–Kier alpha value is -0.860. The quantitative estimate of drug-likeness (QED) is 0.861. The maximum Gasteiger partial charge on any atom is 0.0377 e. The van der Waals surface area contributed by atoms with Crippen LogP contribution in [0.5, 0.6) is 0 Å². The van der Waals surface area contributed by atoms with E-state index in [1.54, 1.807) is 5.56 Å². The van der Waals surface area contributed by atoms with Gasteiger partial charge >= 0.3 is 0 Å². The Morgan fingerprint density at radius 2 is 2.05 bits per heavy atom. The van der Waals surface area contributed by atoms with Crippen molar-refractivity contribution < 1.29 is 0 Å². The molecule has 1 nitrogen and oxygen atoms in total. The van der Waals surface area contributed by atoms with Crippen molar-refractivity contribution in [3.63, 3.8) is 0 Å². The van der Waals surface area contributed by atoms with E-state index in [2.05, 4.69) is 35.0 Å². The minimum Gasteiger partial charge on any atom is -0.314 e. The number of hydrogen-bond acceptors (Lipinski definition) is 2. The number of hydrogen-bond donors (Lipinski definition) is 1. The molecule has 100 valence electrons. The molecule has 0 radical (unpaired) electrons. The predicted octanol–water partition coefficient (Wildman–Crippen LogP) is 4.54. The first kappa shape index (κ1) is 11.9. The van der Waals surface area contributed by atoms with Gasteiger partial charge in [-0.25, -0.2) is 0 Å². The van der Waals surface area contributed by atoms with Crippen molar-refractivity contribution >= 4 is 21.4 Å². The van der Waals surface area contributed by atoms with Crippen LogP contribution in [0.3, 0.4) is 0 Å². The average molecular weight is 271 g/mol. The molecule has 4 rings (SSSR count). The SMILES string of the molecule is c1cc(C2CCCC2CNC2CC2)c2sccc2c1. The first-order valence-electron chi connectivity index (χ1n) is 7.61. The third-order valence-corrected chi connectivity index (χ3v) is 5.79. The lowest BCUT2D eigenvalue weighted by Crippen LogP contribution is -2.26. The molecule has 19 heavy (non-hydrogen) atoms. The smallest absolute Gasteiger partial charge is 0.0377 e. The summed E-state index contributed by atoms with van der Waals surface area (Å²) in [6, 6.07) is 9.98. The lowest BCUT2D eigenvalue weighted by Gasteiger charge is -2.21. The maximum atomic E-state index is 3.74. The van der Waals surface area contributed by atoms with Crippen LogP contribution in [-0.2, 0) is 0 Å². The zero-order valence-electron chi connectivity index (χ0n) is 11.3. The van der Waals surface area contributed by atoms with Crippen LogP contribution in [0.15, 0.2) is 29.6 Å². The summed E-state index contributed by atoms with van der Waals surface area (Å²) in [6.07, 6.45) is 7.00. The van der Waals surface area contributed by atoms with E-state index in [0.717, 1.165) is 17.9 Å². The van der Waals surface area contributed by atoms with Gasteiger partial charge in [-0.1, -0.05) is 24.6 Å². The second-order valence-corrected chi connectivity index (χ2v) is 7.08. The van der Waals surface area contributed by atoms with Crippen LogP contribution in [-0.4, -0.2) is 12.6 Å². The fourth-order valence-electron chi connectivity index (χ4n) is 3.60. The third-order valence-electron chi connectivity index (χ3n) is 4.81. The van der Waals surface area contributed by atoms with Gasteiger partial charge in [0, 0.05) is 10.7 Å². The Balaban J connectivity index is 1.60. The standard InChI is InChI=1S/C17H21NS/c1-3-12-9-10-19-17(12)16(6-1)15-5-2-4-13(15)11-18-14-7-8-14/h1,3,6,9-10,13-15,18H,2,4-5,7-8,11H2. The molecule has 0 bridgehead atoms. The monoisotopic (exact) mass is 271 g/mol. The summed E-state index contributed by atoms with van der Waals surface area (Å²) in [5.41, 5.74) is 1.62. The van der Waals surface area contributed by atoms with Crippen molar-refractivity contribution in [2.24, 2.45) is 5.92 Å². The first-order chi connectivity index (χ1) is 9.42. The van der Waals surface area contributed by atoms with E-state index >= 15 is 0 Å². The summed E-state index contributed by atoms with van der Waals surface area (Å²) in [5.74, 6) is 1.64. The molecule has 2 heteroatoms. The van der Waals surface area contributed by atoms with Crippen LogP contribution in [0.1, 0.15) is 43.6 Å². The number of fused-ring (bicyclic) bond motifs is 1. The Morgan fingerprint density at radius 1 is 1.11 bits per heavy atom. The zero-order chi connectivity index (χ0) is 12.7. The fraction of sp³-hybridized carbons (Fsp3) is 0.529. The van der Waals surface area contributed by atoms with Gasteiger partial charge in [0.2, 0.25) is 0 Å². The van der Waals surface area contributed by atoms with Gasteiger partial charge < -0.3 is 5.32 Å². The summed E-state index contributed by atoms with van der Waals surface area (Å²) in [6.45, 7) is 1.23. The minimum absolute atomic E-state index is 0.786. The highest BCUT2D eigenvalue weighted by Crippen LogP contribution is 2.43. The molecule has 0 aliphatic heterocycles. The number of benzene rings is 1. The Kier molecular flexibility index (Phi) is 3.08. The lowest BCUT2D eigenvalue weighted by molar-refractivity contribution is 0.444. The van der Waals surface area contributed by atoms with Crippen molar-refractivity contribution in [2.45, 2.75) is 44.1 Å². The van der Waals surface area contributed by atoms with Gasteiger partial charge in [-0.15, -0.1) is 11.3 Å². The molecule has 2 saturated carbocycles. The van der Waals surface area contributed by atoms with E-state index in [0.29, 0.717) is 0 Å². The molecule has 1 N–H and O–H groups in total. The van der Waals surface area contributed by atoms with Gasteiger partial charge in [-0.05, 0) is 66.5 Å². The highest BCUT2D eigenvalue weighted by molar-refractivity contribution is 7.17. The van der Waals surface area contributed by atoms with Gasteiger partial charge in [-0.3, -0.25) is 0 Å². The molecule has 1 aromatic carbocycles. The third kappa shape index (κ3) is 2.32. The largest absolute Gasteiger partial charge is 0.314 e. The van der Waals surface area contributed by atoms with Gasteiger partial charge in [0.25, 0.3) is 0 Å². The van der Waals surface area contributed by atoms with Crippen molar-refractivity contribution in [3.8, 4) is 0 Å². The molecule has 2 unspecified atom stereocenters. The molecule has 2 atom stereocenters. The van der Waals surface area contributed by atoms with Crippen molar-refractivity contribution in [3.05, 3.63) is 35.2 Å². The van der Waals surface area contributed by atoms with E-state index < -0.39 is 0 Å². The molecule has 0 amide bonds. The highest BCUT2D eigenvalue weighted by Gasteiger charge is 2.31. The Labute approximate surface area is 119 Å². The molecular weight excluding hydrogens is 250 g/mol. The second-order valence-electron chi connectivity index (χ2n) is 6.17. The van der Waals surface area contributed by atoms with E-state index in [4.69, 9.17) is 0 Å². The molecule has 2 fully saturated rings. The van der Waals surface area contributed by atoms with Crippen molar-refractivity contribution in [2.75, 3.05) is 6.54 Å². The van der Waals surface area contributed by atoms with E-state index in [-0.39, 0.29) is 0 Å². The fourth-order valence-corrected chi connectivity index (χ4v) is 4.58. The average Bonchev–Trinajstić information content (AvgIpc) is 2.96. The van der Waals surface area contributed by atoms with Crippen LogP contribution in [0.2, 0.25) is 0 Å². The molecule has 2 aliphatic carbocycles. The molecule has 2 aliphatic rings. The number of nitrogens with one attached hydrogen (secondary N) is 1. The molecule has 2 aromatic rings. The Bertz CT molecular complexity index is 569. The number of rotatable bonds is 4.